The van der Waals surface area contributed by atoms with Crippen LogP contribution in [-0.2, 0) is 22.5 Å². The molecule has 0 saturated heterocycles. The number of aromatic nitrogens is 1. The maximum atomic E-state index is 14.8. The highest BCUT2D eigenvalue weighted by Gasteiger charge is 2.57. The standard InChI is InChI=1S/C37H33N3O4S/c1-25-38-31(24-45-25)23-40-33-11-6-5-10-30(33)22-37(36(40)42)34(28-14-12-27(13-15-28)26-8-3-2-4-9-26)44-35(39-37)29-16-18-32(19-17-29)43-21-7-20-41/h2-6,8-19,24,34,41H,7,20-23H2,1H3/t34-,37-/m0/s1. The summed E-state index contributed by atoms with van der Waals surface area (Å²) < 4.78 is 12.4. The van der Waals surface area contributed by atoms with E-state index in [2.05, 4.69) is 35.3 Å². The number of thiazole rings is 1. The van der Waals surface area contributed by atoms with Crippen LogP contribution in [0.4, 0.5) is 5.69 Å². The first kappa shape index (κ1) is 29.0. The largest absolute Gasteiger partial charge is 0.494 e. The van der Waals surface area contributed by atoms with Gasteiger partial charge in [-0.25, -0.2) is 9.98 Å². The Bertz CT molecular complexity index is 1840. The Hall–Kier alpha value is -4.79. The molecular weight excluding hydrogens is 582 g/mol. The van der Waals surface area contributed by atoms with Gasteiger partial charge in [0.05, 0.1) is 23.9 Å². The zero-order chi connectivity index (χ0) is 30.8. The van der Waals surface area contributed by atoms with Gasteiger partial charge in [0.15, 0.2) is 11.6 Å². The summed E-state index contributed by atoms with van der Waals surface area (Å²) in [4.78, 5) is 26.5. The highest BCUT2D eigenvalue weighted by atomic mass is 32.1. The summed E-state index contributed by atoms with van der Waals surface area (Å²) in [6.45, 7) is 2.84. The van der Waals surface area contributed by atoms with Gasteiger partial charge >= 0.3 is 0 Å². The molecule has 0 aliphatic carbocycles. The second kappa shape index (κ2) is 12.3. The molecule has 7 nitrogen and oxygen atoms in total. The Morgan fingerprint density at radius 1 is 0.933 bits per heavy atom. The molecule has 2 aliphatic rings. The van der Waals surface area contributed by atoms with Crippen LogP contribution in [0, 0.1) is 6.92 Å². The molecule has 0 saturated carbocycles. The number of aliphatic hydroxyl groups excluding tert-OH is 1. The number of rotatable bonds is 9. The van der Waals surface area contributed by atoms with Gasteiger partial charge in [0.1, 0.15) is 5.75 Å². The highest BCUT2D eigenvalue weighted by Crippen LogP contribution is 2.48. The van der Waals surface area contributed by atoms with Crippen molar-refractivity contribution < 1.29 is 19.4 Å². The topological polar surface area (TPSA) is 84.3 Å². The number of aliphatic hydroxyl groups is 1. The quantitative estimate of drug-likeness (QED) is 0.182. The van der Waals surface area contributed by atoms with Crippen LogP contribution < -0.4 is 9.64 Å². The fourth-order valence-corrected chi connectivity index (χ4v) is 6.71. The third-order valence-corrected chi connectivity index (χ3v) is 9.12. The van der Waals surface area contributed by atoms with Gasteiger partial charge in [-0.05, 0) is 59.5 Å². The number of aliphatic imine (C=N–C) groups is 1. The van der Waals surface area contributed by atoms with Gasteiger partial charge in [-0.3, -0.25) is 4.79 Å². The molecule has 4 aromatic carbocycles. The van der Waals surface area contributed by atoms with Crippen LogP contribution >= 0.6 is 11.3 Å². The lowest BCUT2D eigenvalue weighted by molar-refractivity contribution is -0.127. The smallest absolute Gasteiger partial charge is 0.260 e. The molecule has 2 aliphatic heterocycles. The van der Waals surface area contributed by atoms with Crippen molar-refractivity contribution in [3.8, 4) is 16.9 Å². The first-order valence-corrected chi connectivity index (χ1v) is 16.0. The Balaban J connectivity index is 1.30. The molecule has 1 spiro atoms. The van der Waals surface area contributed by atoms with Crippen LogP contribution in [-0.4, -0.2) is 40.6 Å². The SMILES string of the molecule is Cc1nc(CN2C(=O)[C@@]3(Cc4ccccc42)N=C(c2ccc(OCCCO)cc2)O[C@H]3c2ccc(-c3ccccc3)cc2)cs1. The summed E-state index contributed by atoms with van der Waals surface area (Å²) in [5.74, 6) is 1.01. The molecule has 45 heavy (non-hydrogen) atoms. The lowest BCUT2D eigenvalue weighted by Crippen LogP contribution is -2.55. The summed E-state index contributed by atoms with van der Waals surface area (Å²) in [5, 5.41) is 12.1. The van der Waals surface area contributed by atoms with Crippen LogP contribution in [0.15, 0.2) is 114 Å². The van der Waals surface area contributed by atoms with Gasteiger partial charge in [-0.1, -0.05) is 72.8 Å². The minimum atomic E-state index is -1.21. The number of hydrogen-bond donors (Lipinski definition) is 1. The van der Waals surface area contributed by atoms with Crippen molar-refractivity contribution >= 4 is 28.8 Å². The maximum Gasteiger partial charge on any atom is 0.260 e. The summed E-state index contributed by atoms with van der Waals surface area (Å²) in [5.41, 5.74) is 5.42. The number of benzene rings is 4. The third kappa shape index (κ3) is 5.63. The number of carbonyl (C=O) groups is 1. The van der Waals surface area contributed by atoms with Crippen LogP contribution in [0.5, 0.6) is 5.75 Å². The zero-order valence-corrected chi connectivity index (χ0v) is 25.7. The van der Waals surface area contributed by atoms with Crippen molar-refractivity contribution in [1.82, 2.24) is 4.98 Å². The van der Waals surface area contributed by atoms with E-state index in [1.807, 2.05) is 90.0 Å². The molecule has 1 aromatic heterocycles. The molecule has 0 fully saturated rings. The first-order chi connectivity index (χ1) is 22.0. The highest BCUT2D eigenvalue weighted by molar-refractivity contribution is 7.09. The second-order valence-corrected chi connectivity index (χ2v) is 12.4. The number of ether oxygens (including phenoxy) is 2. The van der Waals surface area contributed by atoms with E-state index in [1.54, 1.807) is 11.3 Å². The van der Waals surface area contributed by atoms with Crippen molar-refractivity contribution in [2.24, 2.45) is 4.99 Å². The van der Waals surface area contributed by atoms with Crippen molar-refractivity contribution in [1.29, 1.82) is 0 Å². The average molecular weight is 616 g/mol. The minimum absolute atomic E-state index is 0.0782. The van der Waals surface area contributed by atoms with Gasteiger partial charge in [0.2, 0.25) is 5.90 Å². The number of carbonyl (C=O) groups excluding carboxylic acids is 1. The molecule has 8 heteroatoms. The van der Waals surface area contributed by atoms with Gasteiger partial charge in [0.25, 0.3) is 5.91 Å². The van der Waals surface area contributed by atoms with E-state index in [0.717, 1.165) is 44.2 Å². The number of amides is 1. The monoisotopic (exact) mass is 615 g/mol. The molecule has 5 aromatic rings. The lowest BCUT2D eigenvalue weighted by Gasteiger charge is -2.40. The van der Waals surface area contributed by atoms with Crippen molar-refractivity contribution in [2.45, 2.75) is 38.0 Å². The fraction of sp³-hybridized carbons (Fsp3) is 0.216. The van der Waals surface area contributed by atoms with E-state index < -0.39 is 11.6 Å². The molecule has 1 amide bonds. The Labute approximate surface area is 266 Å². The molecule has 2 atom stereocenters. The van der Waals surface area contributed by atoms with Crippen LogP contribution in [0.1, 0.15) is 39.9 Å². The van der Waals surface area contributed by atoms with E-state index in [1.165, 1.54) is 0 Å². The number of anilines is 1. The predicted octanol–water partition coefficient (Wildman–Crippen LogP) is 6.93. The number of aryl methyl sites for hydroxylation is 1. The average Bonchev–Trinajstić information content (AvgIpc) is 3.67. The molecular formula is C37H33N3O4S. The van der Waals surface area contributed by atoms with E-state index in [9.17, 15) is 4.79 Å². The maximum absolute atomic E-state index is 14.8. The summed E-state index contributed by atoms with van der Waals surface area (Å²) >= 11 is 1.58. The lowest BCUT2D eigenvalue weighted by atomic mass is 9.78. The van der Waals surface area contributed by atoms with Gasteiger partial charge in [-0.15, -0.1) is 11.3 Å². The normalized spacial score (nSPS) is 18.9. The Kier molecular flexibility index (Phi) is 7.92. The number of fused-ring (bicyclic) bond motifs is 1. The predicted molar refractivity (Wildman–Crippen MR) is 177 cm³/mol. The van der Waals surface area contributed by atoms with Crippen LogP contribution in [0.25, 0.3) is 11.1 Å². The number of hydrogen-bond acceptors (Lipinski definition) is 7. The molecule has 1 N–H and O–H groups in total. The molecule has 7 rings (SSSR count). The molecule has 3 heterocycles. The van der Waals surface area contributed by atoms with E-state index >= 15 is 0 Å². The van der Waals surface area contributed by atoms with E-state index in [4.69, 9.17) is 19.6 Å². The molecule has 0 bridgehead atoms. The molecule has 226 valence electrons. The first-order valence-electron chi connectivity index (χ1n) is 15.1. The van der Waals surface area contributed by atoms with Gasteiger partial charge in [-0.2, -0.15) is 0 Å². The summed E-state index contributed by atoms with van der Waals surface area (Å²) in [6, 6.07) is 34.1. The Morgan fingerprint density at radius 3 is 2.38 bits per heavy atom. The third-order valence-electron chi connectivity index (χ3n) is 8.30. The van der Waals surface area contributed by atoms with Crippen molar-refractivity contribution in [2.75, 3.05) is 18.1 Å². The number of para-hydroxylation sites is 1. The molecule has 0 unspecified atom stereocenters. The van der Waals surface area contributed by atoms with E-state index in [0.29, 0.717) is 37.6 Å². The molecule has 0 radical (unpaired) electrons. The van der Waals surface area contributed by atoms with Crippen molar-refractivity contribution in [3.05, 3.63) is 136 Å². The van der Waals surface area contributed by atoms with Crippen LogP contribution in [0.2, 0.25) is 0 Å². The summed E-state index contributed by atoms with van der Waals surface area (Å²) in [7, 11) is 0. The minimum Gasteiger partial charge on any atom is -0.494 e. The summed E-state index contributed by atoms with van der Waals surface area (Å²) in [6.07, 6.45) is 0.329. The van der Waals surface area contributed by atoms with Gasteiger partial charge < -0.3 is 19.5 Å². The zero-order valence-electron chi connectivity index (χ0n) is 24.9. The fourth-order valence-electron chi connectivity index (χ4n) is 6.11. The second-order valence-electron chi connectivity index (χ2n) is 11.3. The van der Waals surface area contributed by atoms with Gasteiger partial charge in [0, 0.05) is 36.1 Å². The number of nitrogens with zero attached hydrogens (tertiary/aromatic N) is 3. The Morgan fingerprint density at radius 2 is 1.64 bits per heavy atom. The van der Waals surface area contributed by atoms with E-state index in [-0.39, 0.29) is 12.5 Å². The van der Waals surface area contributed by atoms with Crippen molar-refractivity contribution in [3.63, 3.8) is 0 Å². The van der Waals surface area contributed by atoms with Crippen LogP contribution in [0.3, 0.4) is 0 Å².